The molecule has 368 valence electrons. The predicted molar refractivity (Wildman–Crippen MR) is 253 cm³/mol. The van der Waals surface area contributed by atoms with E-state index < -0.39 is 58.5 Å². The number of aromatic amines is 2. The van der Waals surface area contributed by atoms with Crippen LogP contribution in [0.1, 0.15) is 124 Å². The number of fused-ring (bicyclic) bond motifs is 2. The van der Waals surface area contributed by atoms with Gasteiger partial charge in [0.2, 0.25) is 23.6 Å². The van der Waals surface area contributed by atoms with Gasteiger partial charge in [0.25, 0.3) is 23.1 Å². The second kappa shape index (κ2) is 26.0. The van der Waals surface area contributed by atoms with Gasteiger partial charge in [0.15, 0.2) is 11.6 Å². The molecule has 2 saturated carbocycles. The van der Waals surface area contributed by atoms with Crippen LogP contribution in [0.5, 0.6) is 0 Å². The van der Waals surface area contributed by atoms with Crippen molar-refractivity contribution in [2.45, 2.75) is 114 Å². The molecule has 68 heavy (non-hydrogen) atoms. The highest BCUT2D eigenvalue weighted by molar-refractivity contribution is 6.29. The Kier molecular flexibility index (Phi) is 20.3. The van der Waals surface area contributed by atoms with Gasteiger partial charge < -0.3 is 21.4 Å². The van der Waals surface area contributed by atoms with Crippen molar-refractivity contribution in [3.05, 3.63) is 72.1 Å². The number of primary amides is 2. The van der Waals surface area contributed by atoms with Crippen LogP contribution < -0.4 is 22.3 Å². The van der Waals surface area contributed by atoms with Crippen LogP contribution in [0.2, 0.25) is 0 Å². The number of nitrogens with two attached hydrogens (primary N) is 2. The summed E-state index contributed by atoms with van der Waals surface area (Å²) in [6, 6.07) is 18.5. The van der Waals surface area contributed by atoms with Gasteiger partial charge in [-0.1, -0.05) is 124 Å². The van der Waals surface area contributed by atoms with E-state index in [1.54, 1.807) is 12.1 Å². The number of halogens is 4. The van der Waals surface area contributed by atoms with Crippen LogP contribution in [-0.4, -0.2) is 91.3 Å². The Morgan fingerprint density at radius 2 is 0.941 bits per heavy atom. The van der Waals surface area contributed by atoms with Gasteiger partial charge in [0, 0.05) is 59.3 Å². The van der Waals surface area contributed by atoms with E-state index in [2.05, 4.69) is 20.8 Å². The van der Waals surface area contributed by atoms with Crippen LogP contribution in [0, 0.1) is 23.7 Å². The first-order valence-corrected chi connectivity index (χ1v) is 23.9. The number of ketones is 2. The number of nitrogens with one attached hydrogen (secondary N) is 4. The van der Waals surface area contributed by atoms with Crippen LogP contribution in [0.25, 0.3) is 21.8 Å². The molecule has 0 spiro atoms. The molecule has 2 fully saturated rings. The van der Waals surface area contributed by atoms with Gasteiger partial charge in [-0.2, -0.15) is 0 Å². The van der Waals surface area contributed by atoms with Crippen molar-refractivity contribution in [1.29, 1.82) is 0 Å². The quantitative estimate of drug-likeness (QED) is 0.0300. The lowest BCUT2D eigenvalue weighted by atomic mass is 9.81. The molecule has 0 saturated heterocycles. The molecule has 0 bridgehead atoms. The summed E-state index contributed by atoms with van der Waals surface area (Å²) in [5.41, 5.74) is 12.7. The number of alkyl halides is 4. The molecule has 2 aromatic heterocycles. The molecule has 6 rings (SSSR count). The van der Waals surface area contributed by atoms with Gasteiger partial charge in [-0.15, -0.1) is 0 Å². The normalized spacial score (nSPS) is 16.1. The molecule has 8 N–H and O–H groups in total. The molecule has 2 aliphatic rings. The van der Waals surface area contributed by atoms with E-state index in [-0.39, 0.29) is 62.2 Å². The molecule has 0 unspecified atom stereocenters. The van der Waals surface area contributed by atoms with Crippen molar-refractivity contribution < 1.29 is 47.1 Å². The monoisotopic (exact) mass is 984 g/mol. The first-order valence-electron chi connectivity index (χ1n) is 23.1. The number of Topliss-reactive ketones (excluding diaryl/α,β-unsaturated/α-hetero) is 2. The zero-order chi connectivity index (χ0) is 49.3. The second-order valence-corrected chi connectivity index (χ2v) is 18.4. The Morgan fingerprint density at radius 3 is 1.26 bits per heavy atom. The number of H-pyrrole nitrogens is 2. The number of rotatable bonds is 20. The first kappa shape index (κ1) is 53.1. The van der Waals surface area contributed by atoms with E-state index in [9.17, 15) is 47.1 Å². The van der Waals surface area contributed by atoms with Gasteiger partial charge in [-0.3, -0.25) is 49.2 Å². The average molecular weight is 986 g/mol. The number of amides is 6. The molecule has 6 amide bonds. The van der Waals surface area contributed by atoms with E-state index >= 15 is 0 Å². The van der Waals surface area contributed by atoms with Gasteiger partial charge >= 0.3 is 0 Å². The SMILES string of the molecule is NC(=O)CCN(NC(=O)[C@@H](CC(=O)c1cc2ccccc2[nH]1)CC1CCCCC1)C(=O)[C@@H](F)Cl.NC(=O)CCN(NC(=O)[C@@H](CC(=O)c1cc2ccccc2[nH]1)CC1CCCCC1)C(=O)[C@H](F)Cl. The molecule has 2 heterocycles. The van der Waals surface area contributed by atoms with Crippen molar-refractivity contribution >= 4 is 92.0 Å². The van der Waals surface area contributed by atoms with Gasteiger partial charge in [-0.25, -0.2) is 18.8 Å². The average Bonchev–Trinajstić information content (AvgIpc) is 3.97. The van der Waals surface area contributed by atoms with Crippen molar-refractivity contribution in [2.24, 2.45) is 35.1 Å². The maximum Gasteiger partial charge on any atom is 0.291 e. The summed E-state index contributed by atoms with van der Waals surface area (Å²) in [5.74, 6) is -6.41. The predicted octanol–water partition coefficient (Wildman–Crippen LogP) is 7.19. The minimum Gasteiger partial charge on any atom is -0.370 e. The van der Waals surface area contributed by atoms with E-state index in [0.717, 1.165) is 86.0 Å². The summed E-state index contributed by atoms with van der Waals surface area (Å²) in [4.78, 5) is 105. The largest absolute Gasteiger partial charge is 0.370 e. The van der Waals surface area contributed by atoms with Crippen LogP contribution in [0.15, 0.2) is 60.7 Å². The fourth-order valence-electron chi connectivity index (χ4n) is 8.90. The Bertz CT molecular complexity index is 2170. The number of benzene rings is 2. The lowest BCUT2D eigenvalue weighted by Gasteiger charge is -2.29. The second-order valence-electron chi connectivity index (χ2n) is 17.6. The molecule has 4 atom stereocenters. The zero-order valence-corrected chi connectivity index (χ0v) is 39.3. The van der Waals surface area contributed by atoms with E-state index in [1.165, 1.54) is 0 Å². The lowest BCUT2D eigenvalue weighted by Crippen LogP contribution is -2.51. The lowest BCUT2D eigenvalue weighted by molar-refractivity contribution is -0.145. The third kappa shape index (κ3) is 16.1. The van der Waals surface area contributed by atoms with Crippen molar-refractivity contribution in [1.82, 2.24) is 30.8 Å². The Balaban J connectivity index is 0.000000254. The minimum atomic E-state index is -2.39. The highest BCUT2D eigenvalue weighted by Gasteiger charge is 2.33. The topological polar surface area (TPSA) is 251 Å². The number of hydrazine groups is 2. The van der Waals surface area contributed by atoms with Crippen LogP contribution in [-0.2, 0) is 28.8 Å². The fraction of sp³-hybridized carbons (Fsp3) is 0.500. The van der Waals surface area contributed by atoms with Crippen molar-refractivity contribution in [3.8, 4) is 0 Å². The molecule has 4 aromatic rings. The summed E-state index contributed by atoms with van der Waals surface area (Å²) in [6.45, 7) is -0.641. The number of carbonyl (C=O) groups excluding carboxylic acids is 8. The maximum atomic E-state index is 13.5. The van der Waals surface area contributed by atoms with E-state index in [0.29, 0.717) is 34.2 Å². The third-order valence-corrected chi connectivity index (χ3v) is 12.9. The molecule has 0 aliphatic heterocycles. The van der Waals surface area contributed by atoms with Crippen molar-refractivity contribution in [3.63, 3.8) is 0 Å². The van der Waals surface area contributed by atoms with E-state index in [4.69, 9.17) is 34.7 Å². The summed E-state index contributed by atoms with van der Waals surface area (Å²) in [6.07, 6.45) is 10.6. The van der Waals surface area contributed by atoms with Crippen LogP contribution in [0.4, 0.5) is 8.78 Å². The fourth-order valence-corrected chi connectivity index (χ4v) is 9.14. The molecule has 0 radical (unpaired) electrons. The zero-order valence-electron chi connectivity index (χ0n) is 37.8. The number of hydrogen-bond donors (Lipinski definition) is 6. The number of carbonyl (C=O) groups is 8. The van der Waals surface area contributed by atoms with Crippen molar-refractivity contribution in [2.75, 3.05) is 13.1 Å². The van der Waals surface area contributed by atoms with Crippen LogP contribution >= 0.6 is 23.2 Å². The number of para-hydroxylation sites is 2. The molecular formula is C48H60Cl2F2N8O8. The Labute approximate surface area is 402 Å². The Hall–Kier alpha value is -5.88. The standard InChI is InChI=1S/2C24H30ClFN4O4/c2*25-22(26)24(34)30(11-10-21(27)32)29-23(33)17(12-15-6-2-1-3-7-15)14-20(31)19-13-16-8-4-5-9-18(16)28-19/h2*4-5,8-9,13,15,17,22,28H,1-3,6-7,10-12,14H2,(H2,27,32)(H,29,33)/t17-,22+;17-,22-/m11/s1. The highest BCUT2D eigenvalue weighted by Crippen LogP contribution is 2.33. The summed E-state index contributed by atoms with van der Waals surface area (Å²) in [5, 5.41) is 3.12. The molecule has 16 nitrogen and oxygen atoms in total. The highest BCUT2D eigenvalue weighted by atomic mass is 35.5. The smallest absolute Gasteiger partial charge is 0.291 e. The molecular weight excluding hydrogens is 925 g/mol. The van der Waals surface area contributed by atoms with Gasteiger partial charge in [0.1, 0.15) is 0 Å². The van der Waals surface area contributed by atoms with Gasteiger partial charge in [-0.05, 0) is 48.9 Å². The van der Waals surface area contributed by atoms with Gasteiger partial charge in [0.05, 0.1) is 24.5 Å². The number of nitrogens with zero attached hydrogens (tertiary/aromatic N) is 2. The van der Waals surface area contributed by atoms with Crippen LogP contribution in [0.3, 0.4) is 0 Å². The van der Waals surface area contributed by atoms with E-state index in [1.807, 2.05) is 48.5 Å². The molecule has 2 aromatic carbocycles. The third-order valence-electron chi connectivity index (χ3n) is 12.5. The number of aromatic nitrogens is 2. The minimum absolute atomic E-state index is 0.0765. The molecule has 20 heteroatoms. The molecule has 2 aliphatic carbocycles. The summed E-state index contributed by atoms with van der Waals surface area (Å²) in [7, 11) is 0. The maximum absolute atomic E-state index is 13.5. The first-order chi connectivity index (χ1) is 32.5. The summed E-state index contributed by atoms with van der Waals surface area (Å²) < 4.78 is 27.0. The Morgan fingerprint density at radius 1 is 0.588 bits per heavy atom. The summed E-state index contributed by atoms with van der Waals surface area (Å²) >= 11 is 10.6. The number of hydrogen-bond acceptors (Lipinski definition) is 8.